The van der Waals surface area contributed by atoms with Crippen LogP contribution in [0.1, 0.15) is 27.0 Å². The van der Waals surface area contributed by atoms with E-state index in [1.54, 1.807) is 0 Å². The molecule has 2 heterocycles. The van der Waals surface area contributed by atoms with Crippen molar-refractivity contribution in [1.29, 1.82) is 0 Å². The molecule has 0 unspecified atom stereocenters. The number of morpholine rings is 1. The van der Waals surface area contributed by atoms with Crippen molar-refractivity contribution in [3.63, 3.8) is 0 Å². The Bertz CT molecular complexity index is 785. The topological polar surface area (TPSA) is 44.8 Å². The number of carbonyl (C=O) groups is 1. The molecule has 148 valence electrons. The highest BCUT2D eigenvalue weighted by atomic mass is 16.5. The van der Waals surface area contributed by atoms with Gasteiger partial charge in [0.15, 0.2) is 0 Å². The Morgan fingerprint density at radius 1 is 0.929 bits per heavy atom. The van der Waals surface area contributed by atoms with Gasteiger partial charge in [0.05, 0.1) is 13.2 Å². The summed E-state index contributed by atoms with van der Waals surface area (Å²) >= 11 is 0. The van der Waals surface area contributed by atoms with Crippen LogP contribution >= 0.6 is 0 Å². The summed E-state index contributed by atoms with van der Waals surface area (Å²) < 4.78 is 5.35. The maximum absolute atomic E-state index is 12.4. The average molecular weight is 380 g/mol. The van der Waals surface area contributed by atoms with Crippen molar-refractivity contribution in [2.24, 2.45) is 0 Å². The van der Waals surface area contributed by atoms with Crippen LogP contribution in [0.4, 0.5) is 0 Å². The normalized spacial score (nSPS) is 17.9. The number of benzene rings is 2. The number of ether oxygens (including phenoxy) is 1. The average Bonchev–Trinajstić information content (AvgIpc) is 2.75. The van der Waals surface area contributed by atoms with Crippen LogP contribution in [0, 0.1) is 0 Å². The van der Waals surface area contributed by atoms with Crippen molar-refractivity contribution in [1.82, 2.24) is 15.1 Å². The minimum absolute atomic E-state index is 0.00621. The van der Waals surface area contributed by atoms with Crippen LogP contribution in [0.15, 0.2) is 48.5 Å². The van der Waals surface area contributed by atoms with Gasteiger partial charge in [0.25, 0.3) is 5.91 Å². The zero-order valence-corrected chi connectivity index (χ0v) is 16.4. The second kappa shape index (κ2) is 9.32. The van der Waals surface area contributed by atoms with E-state index in [0.29, 0.717) is 6.54 Å². The highest BCUT2D eigenvalue weighted by molar-refractivity contribution is 5.94. The molecule has 5 nitrogen and oxygen atoms in total. The third kappa shape index (κ3) is 4.98. The van der Waals surface area contributed by atoms with Crippen molar-refractivity contribution >= 4 is 5.91 Å². The van der Waals surface area contributed by atoms with E-state index in [0.717, 1.165) is 64.5 Å². The lowest BCUT2D eigenvalue weighted by Crippen LogP contribution is -2.41. The van der Waals surface area contributed by atoms with E-state index >= 15 is 0 Å². The summed E-state index contributed by atoms with van der Waals surface area (Å²) in [6.07, 6.45) is 1.11. The number of carbonyl (C=O) groups excluding carboxylic acids is 1. The zero-order chi connectivity index (χ0) is 19.2. The molecular weight excluding hydrogens is 350 g/mol. The predicted molar refractivity (Wildman–Crippen MR) is 110 cm³/mol. The van der Waals surface area contributed by atoms with Gasteiger partial charge in [0, 0.05) is 51.4 Å². The van der Waals surface area contributed by atoms with Crippen molar-refractivity contribution in [2.45, 2.75) is 19.5 Å². The molecule has 0 spiro atoms. The van der Waals surface area contributed by atoms with Crippen LogP contribution in [-0.4, -0.2) is 61.6 Å². The fourth-order valence-electron chi connectivity index (χ4n) is 3.96. The highest BCUT2D eigenvalue weighted by Crippen LogP contribution is 2.20. The largest absolute Gasteiger partial charge is 0.379 e. The fraction of sp³-hybridized carbons (Fsp3) is 0.435. The van der Waals surface area contributed by atoms with Crippen molar-refractivity contribution in [3.05, 3.63) is 70.8 Å². The van der Waals surface area contributed by atoms with E-state index in [2.05, 4.69) is 51.5 Å². The molecule has 0 bridgehead atoms. The number of hydrogen-bond acceptors (Lipinski definition) is 4. The summed E-state index contributed by atoms with van der Waals surface area (Å²) in [5.41, 5.74) is 4.90. The van der Waals surface area contributed by atoms with E-state index in [4.69, 9.17) is 4.74 Å². The van der Waals surface area contributed by atoms with Crippen molar-refractivity contribution in [3.8, 4) is 0 Å². The van der Waals surface area contributed by atoms with Gasteiger partial charge in [-0.15, -0.1) is 0 Å². The summed E-state index contributed by atoms with van der Waals surface area (Å²) in [6.45, 7) is 8.04. The van der Waals surface area contributed by atoms with E-state index in [-0.39, 0.29) is 5.91 Å². The van der Waals surface area contributed by atoms with Crippen LogP contribution < -0.4 is 5.32 Å². The standard InChI is InChI=1S/C23H29N3O2/c27-23(24-10-12-25-13-15-28-16-14-25)21-7-5-19(6-8-21)17-26-11-9-20-3-1-2-4-22(20)18-26/h1-8H,9-18H2,(H,24,27). The molecule has 1 saturated heterocycles. The molecule has 28 heavy (non-hydrogen) atoms. The Balaban J connectivity index is 1.25. The number of fused-ring (bicyclic) bond motifs is 1. The van der Waals surface area contributed by atoms with Gasteiger partial charge in [-0.2, -0.15) is 0 Å². The first kappa shape index (κ1) is 19.1. The monoisotopic (exact) mass is 379 g/mol. The molecule has 1 fully saturated rings. The van der Waals surface area contributed by atoms with Gasteiger partial charge in [-0.3, -0.25) is 14.6 Å². The minimum atomic E-state index is 0.00621. The Labute approximate surface area is 167 Å². The molecule has 2 aromatic carbocycles. The fourth-order valence-corrected chi connectivity index (χ4v) is 3.96. The Morgan fingerprint density at radius 2 is 1.68 bits per heavy atom. The van der Waals surface area contributed by atoms with Gasteiger partial charge in [-0.05, 0) is 35.2 Å². The lowest BCUT2D eigenvalue weighted by atomic mass is 9.99. The Hall–Kier alpha value is -2.21. The summed E-state index contributed by atoms with van der Waals surface area (Å²) in [5, 5.41) is 3.03. The lowest BCUT2D eigenvalue weighted by molar-refractivity contribution is 0.0383. The molecule has 2 aliphatic heterocycles. The molecular formula is C23H29N3O2. The predicted octanol–water partition coefficient (Wildman–Crippen LogP) is 2.31. The molecule has 5 heteroatoms. The number of amides is 1. The quantitative estimate of drug-likeness (QED) is 0.837. The number of nitrogens with zero attached hydrogens (tertiary/aromatic N) is 2. The highest BCUT2D eigenvalue weighted by Gasteiger charge is 2.16. The van der Waals surface area contributed by atoms with E-state index in [1.807, 2.05) is 12.1 Å². The van der Waals surface area contributed by atoms with Crippen LogP contribution in [0.25, 0.3) is 0 Å². The molecule has 2 aliphatic rings. The first-order valence-corrected chi connectivity index (χ1v) is 10.2. The van der Waals surface area contributed by atoms with Gasteiger partial charge >= 0.3 is 0 Å². The molecule has 0 aromatic heterocycles. The first-order valence-electron chi connectivity index (χ1n) is 10.2. The van der Waals surface area contributed by atoms with Crippen LogP contribution in [0.5, 0.6) is 0 Å². The second-order valence-corrected chi connectivity index (χ2v) is 7.64. The minimum Gasteiger partial charge on any atom is -0.379 e. The summed E-state index contributed by atoms with van der Waals surface area (Å²) in [4.78, 5) is 17.2. The smallest absolute Gasteiger partial charge is 0.251 e. The molecule has 0 saturated carbocycles. The molecule has 4 rings (SSSR count). The first-order chi connectivity index (χ1) is 13.8. The lowest BCUT2D eigenvalue weighted by Gasteiger charge is -2.28. The number of rotatable bonds is 6. The summed E-state index contributed by atoms with van der Waals surface area (Å²) in [6, 6.07) is 16.8. The molecule has 2 aromatic rings. The van der Waals surface area contributed by atoms with Gasteiger partial charge < -0.3 is 10.1 Å². The van der Waals surface area contributed by atoms with E-state index in [9.17, 15) is 4.79 Å². The van der Waals surface area contributed by atoms with Crippen LogP contribution in [-0.2, 0) is 24.2 Å². The van der Waals surface area contributed by atoms with Gasteiger partial charge in [-0.1, -0.05) is 36.4 Å². The number of nitrogens with one attached hydrogen (secondary N) is 1. The second-order valence-electron chi connectivity index (χ2n) is 7.64. The van der Waals surface area contributed by atoms with E-state index < -0.39 is 0 Å². The molecule has 1 amide bonds. The number of hydrogen-bond donors (Lipinski definition) is 1. The third-order valence-electron chi connectivity index (χ3n) is 5.65. The molecule has 0 atom stereocenters. The Morgan fingerprint density at radius 3 is 2.46 bits per heavy atom. The third-order valence-corrected chi connectivity index (χ3v) is 5.65. The molecule has 0 radical (unpaired) electrons. The van der Waals surface area contributed by atoms with Gasteiger partial charge in [0.2, 0.25) is 0 Å². The van der Waals surface area contributed by atoms with Gasteiger partial charge in [-0.25, -0.2) is 0 Å². The van der Waals surface area contributed by atoms with Crippen molar-refractivity contribution < 1.29 is 9.53 Å². The maximum Gasteiger partial charge on any atom is 0.251 e. The maximum atomic E-state index is 12.4. The van der Waals surface area contributed by atoms with Crippen molar-refractivity contribution in [2.75, 3.05) is 45.9 Å². The van der Waals surface area contributed by atoms with Crippen LogP contribution in [0.3, 0.4) is 0 Å². The molecule has 0 aliphatic carbocycles. The van der Waals surface area contributed by atoms with Crippen LogP contribution in [0.2, 0.25) is 0 Å². The Kier molecular flexibility index (Phi) is 6.37. The summed E-state index contributed by atoms with van der Waals surface area (Å²) in [5.74, 6) is 0.00621. The zero-order valence-electron chi connectivity index (χ0n) is 16.4. The SMILES string of the molecule is O=C(NCCN1CCOCC1)c1ccc(CN2CCc3ccccc3C2)cc1. The van der Waals surface area contributed by atoms with E-state index in [1.165, 1.54) is 16.7 Å². The molecule has 1 N–H and O–H groups in total. The summed E-state index contributed by atoms with van der Waals surface area (Å²) in [7, 11) is 0. The van der Waals surface area contributed by atoms with Gasteiger partial charge in [0.1, 0.15) is 0 Å².